The second kappa shape index (κ2) is 10.4. The summed E-state index contributed by atoms with van der Waals surface area (Å²) < 4.78 is 0. The lowest BCUT2D eigenvalue weighted by molar-refractivity contribution is -0.138. The summed E-state index contributed by atoms with van der Waals surface area (Å²) in [6, 6.07) is -3.41. The Morgan fingerprint density at radius 2 is 1.58 bits per heavy atom. The van der Waals surface area contributed by atoms with Gasteiger partial charge in [-0.05, 0) is 6.92 Å². The van der Waals surface area contributed by atoms with Gasteiger partial charge >= 0.3 is 5.97 Å². The summed E-state index contributed by atoms with van der Waals surface area (Å²) in [5, 5.41) is 15.1. The smallest absolute Gasteiger partial charge is 0.322 e. The lowest BCUT2D eigenvalue weighted by atomic mass is 10.1. The molecule has 136 valence electrons. The van der Waals surface area contributed by atoms with Crippen LogP contribution < -0.4 is 27.4 Å². The summed E-state index contributed by atoms with van der Waals surface area (Å²) in [5.74, 6) is -4.57. The number of rotatable bonds is 10. The molecule has 0 aliphatic carbocycles. The zero-order valence-electron chi connectivity index (χ0n) is 12.9. The lowest BCUT2D eigenvalue weighted by Gasteiger charge is -2.22. The van der Waals surface area contributed by atoms with Gasteiger partial charge in [-0.2, -0.15) is 12.6 Å². The molecule has 8 N–H and O–H groups in total. The van der Waals surface area contributed by atoms with Crippen LogP contribution in [0.1, 0.15) is 13.3 Å². The van der Waals surface area contributed by atoms with Crippen molar-refractivity contribution in [3.05, 3.63) is 0 Å². The number of aliphatic carboxylic acids is 1. The van der Waals surface area contributed by atoms with Crippen molar-refractivity contribution in [2.24, 2.45) is 11.5 Å². The predicted octanol–water partition coefficient (Wildman–Crippen LogP) is -3.69. The molecule has 0 radical (unpaired) electrons. The number of nitrogens with one attached hydrogen (secondary N) is 3. The summed E-state index contributed by atoms with van der Waals surface area (Å²) in [5.41, 5.74) is 10.4. The van der Waals surface area contributed by atoms with Gasteiger partial charge in [0, 0.05) is 5.75 Å². The highest BCUT2D eigenvalue weighted by atomic mass is 32.1. The zero-order chi connectivity index (χ0) is 18.9. The number of nitrogens with two attached hydrogens (primary N) is 2. The van der Waals surface area contributed by atoms with Crippen molar-refractivity contribution < 1.29 is 29.1 Å². The molecule has 11 nitrogen and oxygen atoms in total. The van der Waals surface area contributed by atoms with E-state index in [1.165, 1.54) is 6.92 Å². The largest absolute Gasteiger partial charge is 0.480 e. The highest BCUT2D eigenvalue weighted by Gasteiger charge is 2.28. The van der Waals surface area contributed by atoms with Crippen LogP contribution in [0.2, 0.25) is 0 Å². The average molecular weight is 363 g/mol. The summed E-state index contributed by atoms with van der Waals surface area (Å²) in [7, 11) is 0. The van der Waals surface area contributed by atoms with Crippen LogP contribution in [0.3, 0.4) is 0 Å². The lowest BCUT2D eigenvalue weighted by Crippen LogP contribution is -2.57. The maximum absolute atomic E-state index is 12.1. The number of carbonyl (C=O) groups is 5. The molecule has 0 saturated heterocycles. The highest BCUT2D eigenvalue weighted by molar-refractivity contribution is 7.80. The third kappa shape index (κ3) is 8.33. The van der Waals surface area contributed by atoms with Gasteiger partial charge in [-0.3, -0.25) is 24.0 Å². The van der Waals surface area contributed by atoms with Gasteiger partial charge in [0.2, 0.25) is 23.6 Å². The third-order valence-corrected chi connectivity index (χ3v) is 3.05. The molecule has 3 atom stereocenters. The monoisotopic (exact) mass is 363 g/mol. The normalized spacial score (nSPS) is 14.0. The molecule has 0 aliphatic rings. The molecular weight excluding hydrogens is 342 g/mol. The Kier molecular flexibility index (Phi) is 9.42. The summed E-state index contributed by atoms with van der Waals surface area (Å²) in [6.07, 6.45) is -0.500. The molecule has 0 aliphatic heterocycles. The van der Waals surface area contributed by atoms with Crippen molar-refractivity contribution in [1.29, 1.82) is 0 Å². The highest BCUT2D eigenvalue weighted by Crippen LogP contribution is 1.97. The molecule has 0 unspecified atom stereocenters. The second-order valence-electron chi connectivity index (χ2n) is 4.88. The summed E-state index contributed by atoms with van der Waals surface area (Å²) >= 11 is 3.89. The second-order valence-corrected chi connectivity index (χ2v) is 5.24. The Bertz CT molecular complexity index is 512. The molecule has 0 spiro atoms. The Labute approximate surface area is 143 Å². The number of thiol groups is 1. The van der Waals surface area contributed by atoms with Crippen LogP contribution in [-0.4, -0.2) is 65.1 Å². The van der Waals surface area contributed by atoms with Crippen LogP contribution in [0.15, 0.2) is 0 Å². The first-order chi connectivity index (χ1) is 11.1. The Morgan fingerprint density at radius 1 is 1.04 bits per heavy atom. The van der Waals surface area contributed by atoms with E-state index in [1.807, 2.05) is 0 Å². The quantitative estimate of drug-likeness (QED) is 0.194. The molecule has 0 aromatic rings. The number of carboxylic acids is 1. The number of hydrogen-bond donors (Lipinski definition) is 7. The van der Waals surface area contributed by atoms with Gasteiger partial charge in [0.25, 0.3) is 0 Å². The van der Waals surface area contributed by atoms with Gasteiger partial charge in [0.05, 0.1) is 12.5 Å². The minimum absolute atomic E-state index is 0.137. The van der Waals surface area contributed by atoms with Crippen molar-refractivity contribution in [2.75, 3.05) is 12.3 Å². The van der Waals surface area contributed by atoms with Crippen molar-refractivity contribution in [3.8, 4) is 0 Å². The Hall–Kier alpha value is -2.34. The van der Waals surface area contributed by atoms with Gasteiger partial charge < -0.3 is 32.5 Å². The van der Waals surface area contributed by atoms with E-state index < -0.39 is 60.7 Å². The van der Waals surface area contributed by atoms with Crippen molar-refractivity contribution >= 4 is 42.2 Å². The van der Waals surface area contributed by atoms with Gasteiger partial charge in [-0.15, -0.1) is 0 Å². The topological polar surface area (TPSA) is 194 Å². The molecule has 4 amide bonds. The van der Waals surface area contributed by atoms with Crippen LogP contribution in [0.25, 0.3) is 0 Å². The molecule has 24 heavy (non-hydrogen) atoms. The summed E-state index contributed by atoms with van der Waals surface area (Å²) in [4.78, 5) is 56.9. The molecule has 0 rings (SSSR count). The van der Waals surface area contributed by atoms with Gasteiger partial charge in [0.15, 0.2) is 0 Å². The third-order valence-electron chi connectivity index (χ3n) is 2.68. The Balaban J connectivity index is 4.92. The minimum Gasteiger partial charge on any atom is -0.480 e. The van der Waals surface area contributed by atoms with E-state index in [0.29, 0.717) is 0 Å². The Morgan fingerprint density at radius 3 is 2.00 bits per heavy atom. The average Bonchev–Trinajstić information content (AvgIpc) is 2.48. The number of hydrogen-bond acceptors (Lipinski definition) is 7. The van der Waals surface area contributed by atoms with Crippen LogP contribution in [0.5, 0.6) is 0 Å². The fraction of sp³-hybridized carbons (Fsp3) is 0.583. The number of amides is 4. The number of carbonyl (C=O) groups excluding carboxylic acids is 4. The van der Waals surface area contributed by atoms with E-state index in [9.17, 15) is 24.0 Å². The van der Waals surface area contributed by atoms with E-state index in [0.717, 1.165) is 0 Å². The van der Waals surface area contributed by atoms with E-state index in [-0.39, 0.29) is 5.75 Å². The van der Waals surface area contributed by atoms with Gasteiger partial charge in [0.1, 0.15) is 18.6 Å². The van der Waals surface area contributed by atoms with E-state index in [4.69, 9.17) is 16.6 Å². The summed E-state index contributed by atoms with van der Waals surface area (Å²) in [6.45, 7) is 0.746. The van der Waals surface area contributed by atoms with Crippen molar-refractivity contribution in [2.45, 2.75) is 31.5 Å². The molecule has 0 aromatic carbocycles. The fourth-order valence-electron chi connectivity index (χ4n) is 1.47. The fourth-order valence-corrected chi connectivity index (χ4v) is 1.72. The molecule has 0 bridgehead atoms. The van der Waals surface area contributed by atoms with Gasteiger partial charge in [-0.1, -0.05) is 0 Å². The number of carboxylic acid groups (broad SMARTS) is 1. The molecule has 0 aromatic heterocycles. The van der Waals surface area contributed by atoms with E-state index >= 15 is 0 Å². The molecule has 0 fully saturated rings. The first-order valence-corrected chi connectivity index (χ1v) is 7.46. The minimum atomic E-state index is -1.32. The number of primary amides is 1. The zero-order valence-corrected chi connectivity index (χ0v) is 13.8. The first-order valence-electron chi connectivity index (χ1n) is 6.83. The first kappa shape index (κ1) is 21.7. The van der Waals surface area contributed by atoms with Crippen LogP contribution in [0, 0.1) is 0 Å². The van der Waals surface area contributed by atoms with E-state index in [1.54, 1.807) is 0 Å². The molecular formula is C12H21N5O6S. The maximum atomic E-state index is 12.1. The predicted molar refractivity (Wildman–Crippen MR) is 85.8 cm³/mol. The van der Waals surface area contributed by atoms with Crippen LogP contribution in [0.4, 0.5) is 0 Å². The van der Waals surface area contributed by atoms with Crippen molar-refractivity contribution in [3.63, 3.8) is 0 Å². The SMILES string of the molecule is C[C@H](N)C(=O)N[C@@H](CC(N)=O)C(=O)N[C@@H](CS)C(=O)NCC(=O)O. The van der Waals surface area contributed by atoms with Crippen molar-refractivity contribution in [1.82, 2.24) is 16.0 Å². The molecule has 0 saturated carbocycles. The molecule has 0 heterocycles. The standard InChI is InChI=1S/C12H21N5O6S/c1-5(13)10(21)16-6(2-8(14)18)12(23)17-7(4-24)11(22)15-3-9(19)20/h5-7,24H,2-4,13H2,1H3,(H2,14,18)(H,15,22)(H,16,21)(H,17,23)(H,19,20)/t5-,6-,7-/m0/s1. The maximum Gasteiger partial charge on any atom is 0.322 e. The van der Waals surface area contributed by atoms with Gasteiger partial charge in [-0.25, -0.2) is 0 Å². The molecule has 12 heteroatoms. The van der Waals surface area contributed by atoms with Crippen LogP contribution in [-0.2, 0) is 24.0 Å². The van der Waals surface area contributed by atoms with E-state index in [2.05, 4.69) is 28.6 Å². The van der Waals surface area contributed by atoms with Crippen LogP contribution >= 0.6 is 12.6 Å².